The second-order valence-electron chi connectivity index (χ2n) is 6.30. The molecular formula is C20H26ClN2O2+. The van der Waals surface area contributed by atoms with Crippen LogP contribution < -0.4 is 15.0 Å². The van der Waals surface area contributed by atoms with Crippen LogP contribution >= 0.6 is 11.6 Å². The Morgan fingerprint density at radius 3 is 2.52 bits per heavy atom. The Balaban J connectivity index is 1.63. The third-order valence-electron chi connectivity index (χ3n) is 4.05. The lowest BCUT2D eigenvalue weighted by Crippen LogP contribution is -3.10. The van der Waals surface area contributed by atoms with E-state index < -0.39 is 0 Å². The van der Waals surface area contributed by atoms with Crippen LogP contribution in [0.4, 0.5) is 0 Å². The van der Waals surface area contributed by atoms with E-state index in [1.54, 1.807) is 12.1 Å². The number of amides is 1. The third-order valence-corrected chi connectivity index (χ3v) is 4.30. The Hall–Kier alpha value is -2.04. The fourth-order valence-electron chi connectivity index (χ4n) is 2.47. The Labute approximate surface area is 154 Å². The zero-order valence-corrected chi connectivity index (χ0v) is 15.6. The molecule has 134 valence electrons. The Bertz CT molecular complexity index is 647. The van der Waals surface area contributed by atoms with Gasteiger partial charge in [0.05, 0.1) is 7.05 Å². The summed E-state index contributed by atoms with van der Waals surface area (Å²) < 4.78 is 5.66. The van der Waals surface area contributed by atoms with Crippen molar-refractivity contribution in [2.75, 3.05) is 33.3 Å². The van der Waals surface area contributed by atoms with Crippen LogP contribution in [0.2, 0.25) is 5.02 Å². The number of quaternary nitrogens is 1. The molecule has 2 rings (SSSR count). The quantitative estimate of drug-likeness (QED) is 0.718. The molecule has 1 unspecified atom stereocenters. The first kappa shape index (κ1) is 19.3. The van der Waals surface area contributed by atoms with Crippen molar-refractivity contribution in [3.63, 3.8) is 0 Å². The van der Waals surface area contributed by atoms with E-state index in [1.165, 1.54) is 5.56 Å². The predicted molar refractivity (Wildman–Crippen MR) is 101 cm³/mol. The maximum absolute atomic E-state index is 12.1. The highest BCUT2D eigenvalue weighted by Gasteiger charge is 2.12. The lowest BCUT2D eigenvalue weighted by atomic mass is 10.0. The number of ether oxygens (including phenoxy) is 1. The minimum absolute atomic E-state index is 0.0618. The van der Waals surface area contributed by atoms with Crippen LogP contribution in [-0.2, 0) is 4.79 Å². The van der Waals surface area contributed by atoms with Crippen LogP contribution in [0.1, 0.15) is 18.4 Å². The average Bonchev–Trinajstić information content (AvgIpc) is 2.62. The van der Waals surface area contributed by atoms with Gasteiger partial charge >= 0.3 is 0 Å². The third kappa shape index (κ3) is 7.16. The smallest absolute Gasteiger partial charge is 0.275 e. The number of nitrogens with one attached hydrogen (secondary N) is 2. The van der Waals surface area contributed by atoms with Crippen molar-refractivity contribution in [1.29, 1.82) is 0 Å². The molecule has 5 heteroatoms. The van der Waals surface area contributed by atoms with E-state index in [-0.39, 0.29) is 5.91 Å². The molecule has 0 aliphatic carbocycles. The van der Waals surface area contributed by atoms with E-state index in [2.05, 4.69) is 24.4 Å². The standard InChI is InChI=1S/C20H25ClN2O2/c1-16(17-6-4-3-5-7-17)14-22-20(24)15-23(2)12-13-25-19-10-8-18(21)9-11-19/h3-11,16H,12-15H2,1-2H3,(H,22,24)/p+1/t16-/m0/s1. The molecule has 0 aromatic heterocycles. The Kier molecular flexibility index (Phi) is 7.76. The number of hydrogen-bond acceptors (Lipinski definition) is 2. The topological polar surface area (TPSA) is 42.8 Å². The van der Waals surface area contributed by atoms with Gasteiger partial charge in [0, 0.05) is 11.6 Å². The summed E-state index contributed by atoms with van der Waals surface area (Å²) in [5.74, 6) is 1.16. The highest BCUT2D eigenvalue weighted by Crippen LogP contribution is 2.15. The fraction of sp³-hybridized carbons (Fsp3) is 0.350. The summed E-state index contributed by atoms with van der Waals surface area (Å²) in [6.07, 6.45) is 0. The summed E-state index contributed by atoms with van der Waals surface area (Å²) >= 11 is 5.84. The lowest BCUT2D eigenvalue weighted by molar-refractivity contribution is -0.871. The van der Waals surface area contributed by atoms with Crippen LogP contribution in [0, 0.1) is 0 Å². The number of halogens is 1. The minimum atomic E-state index is 0.0618. The Morgan fingerprint density at radius 1 is 1.16 bits per heavy atom. The van der Waals surface area contributed by atoms with Gasteiger partial charge < -0.3 is 15.0 Å². The van der Waals surface area contributed by atoms with Gasteiger partial charge in [0.25, 0.3) is 5.91 Å². The number of rotatable bonds is 9. The number of hydrogen-bond donors (Lipinski definition) is 2. The minimum Gasteiger partial charge on any atom is -0.488 e. The van der Waals surface area contributed by atoms with E-state index in [1.807, 2.05) is 37.4 Å². The molecule has 0 heterocycles. The predicted octanol–water partition coefficient (Wildman–Crippen LogP) is 2.15. The molecule has 0 aliphatic heterocycles. The molecule has 0 saturated carbocycles. The SMILES string of the molecule is C[C@@H](CNC(=O)C[NH+](C)CCOc1ccc(Cl)cc1)c1ccccc1. The van der Waals surface area contributed by atoms with Gasteiger partial charge in [0.1, 0.15) is 18.9 Å². The molecule has 25 heavy (non-hydrogen) atoms. The van der Waals surface area contributed by atoms with E-state index in [0.717, 1.165) is 17.2 Å². The molecule has 2 atom stereocenters. The van der Waals surface area contributed by atoms with Gasteiger partial charge in [-0.1, -0.05) is 48.9 Å². The summed E-state index contributed by atoms with van der Waals surface area (Å²) in [5, 5.41) is 3.70. The van der Waals surface area contributed by atoms with Crippen molar-refractivity contribution in [3.8, 4) is 5.75 Å². The number of carbonyl (C=O) groups is 1. The maximum atomic E-state index is 12.1. The van der Waals surface area contributed by atoms with Crippen molar-refractivity contribution in [3.05, 3.63) is 65.2 Å². The van der Waals surface area contributed by atoms with Gasteiger partial charge in [-0.15, -0.1) is 0 Å². The lowest BCUT2D eigenvalue weighted by Gasteiger charge is -2.16. The second-order valence-corrected chi connectivity index (χ2v) is 6.74. The van der Waals surface area contributed by atoms with E-state index in [0.29, 0.717) is 30.6 Å². The first-order valence-corrected chi connectivity index (χ1v) is 8.93. The maximum Gasteiger partial charge on any atom is 0.275 e. The molecule has 0 aliphatic rings. The molecule has 0 spiro atoms. The first-order chi connectivity index (χ1) is 12.0. The first-order valence-electron chi connectivity index (χ1n) is 8.56. The van der Waals surface area contributed by atoms with E-state index >= 15 is 0 Å². The van der Waals surface area contributed by atoms with E-state index in [9.17, 15) is 4.79 Å². The van der Waals surface area contributed by atoms with Crippen LogP contribution in [0.25, 0.3) is 0 Å². The highest BCUT2D eigenvalue weighted by atomic mass is 35.5. The average molecular weight is 362 g/mol. The zero-order valence-electron chi connectivity index (χ0n) is 14.8. The van der Waals surface area contributed by atoms with Crippen molar-refractivity contribution in [2.45, 2.75) is 12.8 Å². The molecule has 4 nitrogen and oxygen atoms in total. The molecule has 1 amide bonds. The molecule has 2 aromatic rings. The summed E-state index contributed by atoms with van der Waals surface area (Å²) in [7, 11) is 1.99. The van der Waals surface area contributed by atoms with Crippen molar-refractivity contribution in [1.82, 2.24) is 5.32 Å². The van der Waals surface area contributed by atoms with Crippen LogP contribution in [0.15, 0.2) is 54.6 Å². The zero-order chi connectivity index (χ0) is 18.1. The van der Waals surface area contributed by atoms with Crippen molar-refractivity contribution < 1.29 is 14.4 Å². The molecule has 2 N–H and O–H groups in total. The fourth-order valence-corrected chi connectivity index (χ4v) is 2.59. The number of carbonyl (C=O) groups excluding carboxylic acids is 1. The van der Waals surface area contributed by atoms with Gasteiger partial charge in [-0.25, -0.2) is 0 Å². The van der Waals surface area contributed by atoms with Crippen molar-refractivity contribution in [2.24, 2.45) is 0 Å². The molecule has 0 fully saturated rings. The van der Waals surface area contributed by atoms with Gasteiger partial charge in [-0.2, -0.15) is 0 Å². The van der Waals surface area contributed by atoms with Gasteiger partial charge in [0.2, 0.25) is 0 Å². The number of benzene rings is 2. The largest absolute Gasteiger partial charge is 0.488 e. The van der Waals surface area contributed by atoms with E-state index in [4.69, 9.17) is 16.3 Å². The Morgan fingerprint density at radius 2 is 1.84 bits per heavy atom. The van der Waals surface area contributed by atoms with Crippen molar-refractivity contribution >= 4 is 17.5 Å². The van der Waals surface area contributed by atoms with Gasteiger partial charge in [-0.3, -0.25) is 4.79 Å². The molecular weight excluding hydrogens is 336 g/mol. The number of likely N-dealkylation sites (N-methyl/N-ethyl adjacent to an activating group) is 1. The van der Waals surface area contributed by atoms with Crippen LogP contribution in [0.3, 0.4) is 0 Å². The summed E-state index contributed by atoms with van der Waals surface area (Å²) in [4.78, 5) is 13.2. The summed E-state index contributed by atoms with van der Waals surface area (Å²) in [6, 6.07) is 17.5. The highest BCUT2D eigenvalue weighted by molar-refractivity contribution is 6.30. The molecule has 2 aromatic carbocycles. The summed E-state index contributed by atoms with van der Waals surface area (Å²) in [6.45, 7) is 4.51. The van der Waals surface area contributed by atoms with Gasteiger partial charge in [0.15, 0.2) is 6.54 Å². The molecule has 0 saturated heterocycles. The monoisotopic (exact) mass is 361 g/mol. The molecule has 0 bridgehead atoms. The normalized spacial score (nSPS) is 13.1. The summed E-state index contributed by atoms with van der Waals surface area (Å²) in [5.41, 5.74) is 1.24. The molecule has 0 radical (unpaired) electrons. The second kappa shape index (κ2) is 10.1. The van der Waals surface area contributed by atoms with Crippen LogP contribution in [-0.4, -0.2) is 39.2 Å². The van der Waals surface area contributed by atoms with Crippen LogP contribution in [0.5, 0.6) is 5.75 Å². The van der Waals surface area contributed by atoms with Gasteiger partial charge in [-0.05, 0) is 35.7 Å².